The fraction of sp³-hybridized carbons (Fsp3) is 1.00. The van der Waals surface area contributed by atoms with Crippen molar-refractivity contribution in [1.82, 2.24) is 0 Å². The molecule has 0 saturated heterocycles. The van der Waals surface area contributed by atoms with Crippen LogP contribution in [0.4, 0.5) is 0 Å². The van der Waals surface area contributed by atoms with E-state index in [9.17, 15) is 5.11 Å². The van der Waals surface area contributed by atoms with E-state index in [2.05, 4.69) is 13.8 Å². The van der Waals surface area contributed by atoms with Gasteiger partial charge in [0, 0.05) is 0 Å². The molecule has 2 N–H and O–H groups in total. The van der Waals surface area contributed by atoms with Gasteiger partial charge in [0.1, 0.15) is 0 Å². The number of hydrogen-bond acceptors (Lipinski definition) is 2. The van der Waals surface area contributed by atoms with Crippen LogP contribution in [-0.4, -0.2) is 22.9 Å². The minimum Gasteiger partial charge on any atom is -0.394 e. The summed E-state index contributed by atoms with van der Waals surface area (Å²) in [6.45, 7) is 4.61. The molecule has 0 amide bonds. The average molecular weight is 385 g/mol. The Bertz CT molecular complexity index is 241. The maximum Gasteiger partial charge on any atom is 0.0770 e. The third-order valence-electron chi connectivity index (χ3n) is 6.14. The van der Waals surface area contributed by atoms with Crippen LogP contribution in [0.5, 0.6) is 0 Å². The normalized spacial score (nSPS) is 13.8. The second-order valence-electron chi connectivity index (χ2n) is 8.94. The second kappa shape index (κ2) is 22.2. The number of aliphatic hydroxyl groups excluding tert-OH is 2. The molecule has 0 saturated carbocycles. The van der Waals surface area contributed by atoms with E-state index in [1.807, 2.05) is 0 Å². The largest absolute Gasteiger partial charge is 0.394 e. The lowest BCUT2D eigenvalue weighted by molar-refractivity contribution is 0.0860. The predicted octanol–water partition coefficient (Wildman–Crippen LogP) is 7.80. The van der Waals surface area contributed by atoms with Gasteiger partial charge in [0.25, 0.3) is 0 Å². The molecule has 0 radical (unpaired) electrons. The third-order valence-corrected chi connectivity index (χ3v) is 6.14. The Hall–Kier alpha value is -0.0800. The topological polar surface area (TPSA) is 40.5 Å². The molecule has 2 unspecified atom stereocenters. The zero-order chi connectivity index (χ0) is 20.0. The van der Waals surface area contributed by atoms with Crippen LogP contribution < -0.4 is 0 Å². The third kappa shape index (κ3) is 22.1. The SMILES string of the molecule is CCC(C)CCCCCCCCCCCCCCCCCCCC(O)CO. The van der Waals surface area contributed by atoms with E-state index in [1.165, 1.54) is 116 Å². The molecule has 0 heterocycles. The van der Waals surface area contributed by atoms with Crippen LogP contribution in [0.1, 0.15) is 142 Å². The number of unbranched alkanes of at least 4 members (excludes halogenated alkanes) is 16. The van der Waals surface area contributed by atoms with Crippen molar-refractivity contribution < 1.29 is 10.2 Å². The molecule has 0 spiro atoms. The number of hydrogen-bond donors (Lipinski definition) is 2. The van der Waals surface area contributed by atoms with Crippen LogP contribution in [0.3, 0.4) is 0 Å². The van der Waals surface area contributed by atoms with Crippen LogP contribution in [0, 0.1) is 5.92 Å². The first-order valence-electron chi connectivity index (χ1n) is 12.5. The molecule has 2 nitrogen and oxygen atoms in total. The summed E-state index contributed by atoms with van der Waals surface area (Å²) in [7, 11) is 0. The molecule has 0 aromatic rings. The summed E-state index contributed by atoms with van der Waals surface area (Å²) in [5.41, 5.74) is 0. The Balaban J connectivity index is 3.03. The zero-order valence-corrected chi connectivity index (χ0v) is 18.9. The van der Waals surface area contributed by atoms with Crippen molar-refractivity contribution in [3.8, 4) is 0 Å². The molecule has 0 bridgehead atoms. The Morgan fingerprint density at radius 3 is 1.11 bits per heavy atom. The van der Waals surface area contributed by atoms with Crippen molar-refractivity contribution in [3.63, 3.8) is 0 Å². The fourth-order valence-corrected chi connectivity index (χ4v) is 3.82. The summed E-state index contributed by atoms with van der Waals surface area (Å²) < 4.78 is 0. The molecule has 0 aromatic heterocycles. The van der Waals surface area contributed by atoms with Crippen LogP contribution >= 0.6 is 0 Å². The summed E-state index contributed by atoms with van der Waals surface area (Å²) >= 11 is 0. The van der Waals surface area contributed by atoms with E-state index in [0.717, 1.165) is 18.8 Å². The van der Waals surface area contributed by atoms with Gasteiger partial charge in [-0.2, -0.15) is 0 Å². The van der Waals surface area contributed by atoms with Gasteiger partial charge >= 0.3 is 0 Å². The molecule has 2 heteroatoms. The summed E-state index contributed by atoms with van der Waals surface area (Å²) in [5.74, 6) is 0.933. The van der Waals surface area contributed by atoms with Crippen LogP contribution in [-0.2, 0) is 0 Å². The van der Waals surface area contributed by atoms with Gasteiger partial charge in [0.15, 0.2) is 0 Å². The van der Waals surface area contributed by atoms with Crippen molar-refractivity contribution in [3.05, 3.63) is 0 Å². The highest BCUT2D eigenvalue weighted by molar-refractivity contribution is 4.54. The Morgan fingerprint density at radius 2 is 0.815 bits per heavy atom. The quantitative estimate of drug-likeness (QED) is 0.187. The number of aliphatic hydroxyl groups is 2. The molecule has 27 heavy (non-hydrogen) atoms. The fourth-order valence-electron chi connectivity index (χ4n) is 3.82. The first kappa shape index (κ1) is 26.9. The molecule has 0 rings (SSSR count). The van der Waals surface area contributed by atoms with Crippen molar-refractivity contribution in [1.29, 1.82) is 0 Å². The standard InChI is InChI=1S/C25H52O2/c1-3-24(2)21-19-17-15-13-11-9-7-5-4-6-8-10-12-14-16-18-20-22-25(27)23-26/h24-27H,3-23H2,1-2H3. The maximum absolute atomic E-state index is 9.27. The Morgan fingerprint density at radius 1 is 0.519 bits per heavy atom. The monoisotopic (exact) mass is 384 g/mol. The zero-order valence-electron chi connectivity index (χ0n) is 18.9. The molecule has 2 atom stereocenters. The highest BCUT2D eigenvalue weighted by Gasteiger charge is 2.01. The highest BCUT2D eigenvalue weighted by atomic mass is 16.3. The van der Waals surface area contributed by atoms with E-state index in [-0.39, 0.29) is 6.61 Å². The molecule has 0 fully saturated rings. The first-order valence-corrected chi connectivity index (χ1v) is 12.5. The lowest BCUT2D eigenvalue weighted by Gasteiger charge is -2.07. The van der Waals surface area contributed by atoms with Crippen molar-refractivity contribution in [2.75, 3.05) is 6.61 Å². The molecule has 0 aliphatic carbocycles. The van der Waals surface area contributed by atoms with E-state index in [1.54, 1.807) is 0 Å². The molecule has 164 valence electrons. The number of rotatable bonds is 22. The summed E-state index contributed by atoms with van der Waals surface area (Å²) in [6.07, 6.45) is 26.6. The molecule has 0 aromatic carbocycles. The lowest BCUT2D eigenvalue weighted by Crippen LogP contribution is -2.10. The molecule has 0 aliphatic heterocycles. The summed E-state index contributed by atoms with van der Waals surface area (Å²) in [4.78, 5) is 0. The summed E-state index contributed by atoms with van der Waals surface area (Å²) in [6, 6.07) is 0. The van der Waals surface area contributed by atoms with E-state index < -0.39 is 6.10 Å². The van der Waals surface area contributed by atoms with Crippen LogP contribution in [0.25, 0.3) is 0 Å². The predicted molar refractivity (Wildman–Crippen MR) is 120 cm³/mol. The van der Waals surface area contributed by atoms with Crippen LogP contribution in [0.2, 0.25) is 0 Å². The van der Waals surface area contributed by atoms with Gasteiger partial charge in [-0.25, -0.2) is 0 Å². The van der Waals surface area contributed by atoms with Crippen molar-refractivity contribution in [2.24, 2.45) is 5.92 Å². The van der Waals surface area contributed by atoms with E-state index >= 15 is 0 Å². The van der Waals surface area contributed by atoms with Gasteiger partial charge in [-0.3, -0.25) is 0 Å². The average Bonchev–Trinajstić information content (AvgIpc) is 2.69. The molecule has 0 aliphatic rings. The highest BCUT2D eigenvalue weighted by Crippen LogP contribution is 2.16. The first-order chi connectivity index (χ1) is 13.2. The van der Waals surface area contributed by atoms with E-state index in [4.69, 9.17) is 5.11 Å². The van der Waals surface area contributed by atoms with Gasteiger partial charge in [-0.15, -0.1) is 0 Å². The Labute approximate surface area is 171 Å². The van der Waals surface area contributed by atoms with Gasteiger partial charge in [0.05, 0.1) is 12.7 Å². The lowest BCUT2D eigenvalue weighted by atomic mass is 9.99. The Kier molecular flexibility index (Phi) is 22.1. The van der Waals surface area contributed by atoms with Gasteiger partial charge in [-0.1, -0.05) is 136 Å². The molecular formula is C25H52O2. The molecular weight excluding hydrogens is 332 g/mol. The van der Waals surface area contributed by atoms with Crippen molar-refractivity contribution in [2.45, 2.75) is 148 Å². The summed E-state index contributed by atoms with van der Waals surface area (Å²) in [5, 5.41) is 18.0. The van der Waals surface area contributed by atoms with E-state index in [0.29, 0.717) is 0 Å². The second-order valence-corrected chi connectivity index (χ2v) is 8.94. The van der Waals surface area contributed by atoms with Gasteiger partial charge < -0.3 is 10.2 Å². The minimum absolute atomic E-state index is 0.0848. The van der Waals surface area contributed by atoms with Crippen LogP contribution in [0.15, 0.2) is 0 Å². The van der Waals surface area contributed by atoms with Gasteiger partial charge in [-0.05, 0) is 12.3 Å². The smallest absolute Gasteiger partial charge is 0.0770 e. The van der Waals surface area contributed by atoms with Crippen molar-refractivity contribution >= 4 is 0 Å². The maximum atomic E-state index is 9.27. The van der Waals surface area contributed by atoms with Gasteiger partial charge in [0.2, 0.25) is 0 Å². The minimum atomic E-state index is -0.496.